The van der Waals surface area contributed by atoms with Crippen LogP contribution >= 0.6 is 0 Å². The van der Waals surface area contributed by atoms with E-state index < -0.39 is 5.97 Å². The molecule has 150 valence electrons. The van der Waals surface area contributed by atoms with E-state index in [1.807, 2.05) is 0 Å². The number of piperazine rings is 1. The number of rotatable bonds is 5. The molecule has 0 amide bonds. The van der Waals surface area contributed by atoms with Crippen molar-refractivity contribution in [2.24, 2.45) is 5.92 Å². The zero-order valence-corrected chi connectivity index (χ0v) is 16.8. The average molecular weight is 368 g/mol. The number of nitrogens with zero attached hydrogens (tertiary/aromatic N) is 3. The molecule has 0 aromatic carbocycles. The van der Waals surface area contributed by atoms with Crippen molar-refractivity contribution in [1.82, 2.24) is 14.7 Å². The van der Waals surface area contributed by atoms with Gasteiger partial charge in [-0.3, -0.25) is 19.5 Å². The summed E-state index contributed by atoms with van der Waals surface area (Å²) >= 11 is 0. The number of likely N-dealkylation sites (tertiary alicyclic amines) is 1. The van der Waals surface area contributed by atoms with Gasteiger partial charge in [-0.15, -0.1) is 0 Å². The van der Waals surface area contributed by atoms with Crippen LogP contribution in [0, 0.1) is 5.92 Å². The van der Waals surface area contributed by atoms with Crippen LogP contribution in [0.4, 0.5) is 0 Å². The maximum absolute atomic E-state index is 11.2. The molecule has 2 heterocycles. The molecule has 1 atom stereocenters. The van der Waals surface area contributed by atoms with Gasteiger partial charge in [-0.2, -0.15) is 0 Å². The third-order valence-corrected chi connectivity index (χ3v) is 6.37. The van der Waals surface area contributed by atoms with Crippen LogP contribution in [0.3, 0.4) is 0 Å². The molecular formula is C20H37N3O3. The molecule has 1 N–H and O–H groups in total. The molecule has 1 unspecified atom stereocenters. The van der Waals surface area contributed by atoms with Gasteiger partial charge in [0.1, 0.15) is 0 Å². The standard InChI is InChI=1S/C20H37N3O3/c1-20(2,3)23-14-12-22(13-15-23)19(21-10-4-5-11-21)26-17-8-6-16(7-9-17)18(24)25/h16-17,19H,4-15H2,1-3H3,(H,24,25). The van der Waals surface area contributed by atoms with Crippen LogP contribution < -0.4 is 0 Å². The Hall–Kier alpha value is -0.690. The molecule has 0 spiro atoms. The smallest absolute Gasteiger partial charge is 0.306 e. The lowest BCUT2D eigenvalue weighted by Crippen LogP contribution is -2.60. The lowest BCUT2D eigenvalue weighted by atomic mass is 9.87. The minimum atomic E-state index is -0.641. The van der Waals surface area contributed by atoms with Crippen LogP contribution in [-0.4, -0.2) is 83.0 Å². The van der Waals surface area contributed by atoms with Crippen LogP contribution in [-0.2, 0) is 9.53 Å². The Morgan fingerprint density at radius 3 is 1.96 bits per heavy atom. The molecule has 1 saturated carbocycles. The fourth-order valence-electron chi connectivity index (χ4n) is 4.60. The van der Waals surface area contributed by atoms with Gasteiger partial charge in [-0.05, 0) is 59.3 Å². The van der Waals surface area contributed by atoms with Crippen molar-refractivity contribution in [1.29, 1.82) is 0 Å². The fraction of sp³-hybridized carbons (Fsp3) is 0.950. The number of carboxylic acid groups (broad SMARTS) is 1. The van der Waals surface area contributed by atoms with Crippen molar-refractivity contribution in [3.8, 4) is 0 Å². The largest absolute Gasteiger partial charge is 0.481 e. The molecule has 6 nitrogen and oxygen atoms in total. The van der Waals surface area contributed by atoms with Gasteiger partial charge >= 0.3 is 5.97 Å². The van der Waals surface area contributed by atoms with Crippen LogP contribution in [0.5, 0.6) is 0 Å². The van der Waals surface area contributed by atoms with Crippen LogP contribution in [0.2, 0.25) is 0 Å². The van der Waals surface area contributed by atoms with Gasteiger partial charge < -0.3 is 9.84 Å². The Morgan fingerprint density at radius 1 is 0.923 bits per heavy atom. The van der Waals surface area contributed by atoms with E-state index in [9.17, 15) is 9.90 Å². The van der Waals surface area contributed by atoms with Crippen molar-refractivity contribution in [3.05, 3.63) is 0 Å². The maximum Gasteiger partial charge on any atom is 0.306 e. The summed E-state index contributed by atoms with van der Waals surface area (Å²) in [6.45, 7) is 13.4. The topological polar surface area (TPSA) is 56.3 Å². The van der Waals surface area contributed by atoms with E-state index in [4.69, 9.17) is 4.74 Å². The zero-order valence-electron chi connectivity index (χ0n) is 16.8. The van der Waals surface area contributed by atoms with Crippen molar-refractivity contribution in [3.63, 3.8) is 0 Å². The molecule has 26 heavy (non-hydrogen) atoms. The molecule has 3 aliphatic rings. The molecule has 6 heteroatoms. The normalized spacial score (nSPS) is 31.2. The first-order valence-corrected chi connectivity index (χ1v) is 10.5. The highest BCUT2D eigenvalue weighted by Gasteiger charge is 2.36. The van der Waals surface area contributed by atoms with Gasteiger partial charge in [-0.25, -0.2) is 0 Å². The summed E-state index contributed by atoms with van der Waals surface area (Å²) in [6, 6.07) is 0. The van der Waals surface area contributed by atoms with E-state index >= 15 is 0 Å². The summed E-state index contributed by atoms with van der Waals surface area (Å²) in [5, 5.41) is 9.21. The van der Waals surface area contributed by atoms with Crippen LogP contribution in [0.15, 0.2) is 0 Å². The van der Waals surface area contributed by atoms with Crippen LogP contribution in [0.25, 0.3) is 0 Å². The Bertz CT molecular complexity index is 457. The van der Waals surface area contributed by atoms with Crippen LogP contribution in [0.1, 0.15) is 59.3 Å². The summed E-state index contributed by atoms with van der Waals surface area (Å²) in [4.78, 5) is 18.8. The third kappa shape index (κ3) is 4.97. The molecule has 0 radical (unpaired) electrons. The van der Waals surface area contributed by atoms with Gasteiger partial charge in [0.25, 0.3) is 0 Å². The average Bonchev–Trinajstić information content (AvgIpc) is 3.14. The number of ether oxygens (including phenoxy) is 1. The molecule has 3 fully saturated rings. The van der Waals surface area contributed by atoms with Crippen molar-refractivity contribution >= 4 is 5.97 Å². The Kier molecular flexibility index (Phi) is 6.59. The molecule has 0 aromatic heterocycles. The van der Waals surface area contributed by atoms with Crippen molar-refractivity contribution in [2.45, 2.75) is 77.3 Å². The quantitative estimate of drug-likeness (QED) is 0.805. The van der Waals surface area contributed by atoms with E-state index in [1.165, 1.54) is 12.8 Å². The van der Waals surface area contributed by atoms with Crippen molar-refractivity contribution in [2.75, 3.05) is 39.3 Å². The van der Waals surface area contributed by atoms with E-state index in [0.717, 1.165) is 65.0 Å². The summed E-state index contributed by atoms with van der Waals surface area (Å²) in [5.41, 5.74) is 0.227. The minimum absolute atomic E-state index is 0.0750. The molecule has 2 aliphatic heterocycles. The Morgan fingerprint density at radius 2 is 1.46 bits per heavy atom. The predicted molar refractivity (Wildman–Crippen MR) is 102 cm³/mol. The van der Waals surface area contributed by atoms with E-state index in [2.05, 4.69) is 35.5 Å². The number of carbonyl (C=O) groups is 1. The first-order valence-electron chi connectivity index (χ1n) is 10.5. The first-order chi connectivity index (χ1) is 12.3. The Labute approximate surface area is 158 Å². The summed E-state index contributed by atoms with van der Waals surface area (Å²) in [5.74, 6) is -0.812. The number of hydrogen-bond donors (Lipinski definition) is 1. The lowest BCUT2D eigenvalue weighted by molar-refractivity contribution is -0.193. The van der Waals surface area contributed by atoms with Gasteiger partial charge in [0.2, 0.25) is 0 Å². The molecule has 0 bridgehead atoms. The van der Waals surface area contributed by atoms with Gasteiger partial charge in [0, 0.05) is 44.8 Å². The molecule has 2 saturated heterocycles. The summed E-state index contributed by atoms with van der Waals surface area (Å²) < 4.78 is 6.60. The molecule has 1 aliphatic carbocycles. The first kappa shape index (κ1) is 20.1. The molecule has 3 rings (SSSR count). The molecule has 0 aromatic rings. The van der Waals surface area contributed by atoms with E-state index in [1.54, 1.807) is 0 Å². The number of carboxylic acids is 1. The van der Waals surface area contributed by atoms with Gasteiger partial charge in [-0.1, -0.05) is 0 Å². The second kappa shape index (κ2) is 8.55. The van der Waals surface area contributed by atoms with E-state index in [-0.39, 0.29) is 23.9 Å². The SMILES string of the molecule is CC(C)(C)N1CCN(C(OC2CCC(C(=O)O)CC2)N2CCCC2)CC1. The van der Waals surface area contributed by atoms with Crippen molar-refractivity contribution < 1.29 is 14.6 Å². The van der Waals surface area contributed by atoms with Gasteiger partial charge in [0.05, 0.1) is 12.0 Å². The number of hydrogen-bond acceptors (Lipinski definition) is 5. The Balaban J connectivity index is 1.57. The minimum Gasteiger partial charge on any atom is -0.481 e. The highest BCUT2D eigenvalue weighted by Crippen LogP contribution is 2.29. The molecular weight excluding hydrogens is 330 g/mol. The highest BCUT2D eigenvalue weighted by molar-refractivity contribution is 5.70. The second-order valence-electron chi connectivity index (χ2n) is 9.21. The monoisotopic (exact) mass is 367 g/mol. The second-order valence-corrected chi connectivity index (χ2v) is 9.21. The summed E-state index contributed by atoms with van der Waals surface area (Å²) in [6.07, 6.45) is 6.06. The maximum atomic E-state index is 11.2. The number of aliphatic carboxylic acids is 1. The fourth-order valence-corrected chi connectivity index (χ4v) is 4.60. The van der Waals surface area contributed by atoms with Gasteiger partial charge in [0.15, 0.2) is 6.35 Å². The predicted octanol–water partition coefficient (Wildman–Crippen LogP) is 2.44. The highest BCUT2D eigenvalue weighted by atomic mass is 16.5. The lowest BCUT2D eigenvalue weighted by Gasteiger charge is -2.47. The third-order valence-electron chi connectivity index (χ3n) is 6.37. The van der Waals surface area contributed by atoms with E-state index in [0.29, 0.717) is 0 Å². The summed E-state index contributed by atoms with van der Waals surface area (Å²) in [7, 11) is 0. The zero-order chi connectivity index (χ0) is 18.7.